The van der Waals surface area contributed by atoms with Crippen LogP contribution in [0.5, 0.6) is 0 Å². The summed E-state index contributed by atoms with van der Waals surface area (Å²) in [4.78, 5) is 24.5. The number of rotatable bonds is 2. The average Bonchev–Trinajstić information content (AvgIpc) is 2.45. The van der Waals surface area contributed by atoms with E-state index in [9.17, 15) is 4.79 Å². The summed E-state index contributed by atoms with van der Waals surface area (Å²) < 4.78 is 6.26. The monoisotopic (exact) mass is 368 g/mol. The number of carbonyl (C=O) groups is 1. The van der Waals surface area contributed by atoms with Crippen LogP contribution < -0.4 is 4.90 Å². The molecule has 1 aromatic heterocycles. The van der Waals surface area contributed by atoms with E-state index in [1.54, 1.807) is 17.3 Å². The third kappa shape index (κ3) is 4.19. The van der Waals surface area contributed by atoms with Crippen molar-refractivity contribution < 1.29 is 9.53 Å². The van der Waals surface area contributed by atoms with Gasteiger partial charge in [-0.05, 0) is 36.7 Å². The number of piperazine rings is 1. The lowest BCUT2D eigenvalue weighted by molar-refractivity contribution is 0.0225. The van der Waals surface area contributed by atoms with Crippen LogP contribution in [0.1, 0.15) is 20.8 Å². The van der Waals surface area contributed by atoms with Crippen LogP contribution in [-0.4, -0.2) is 52.2 Å². The van der Waals surface area contributed by atoms with E-state index in [4.69, 9.17) is 4.74 Å². The van der Waals surface area contributed by atoms with Crippen molar-refractivity contribution in [3.05, 3.63) is 29.5 Å². The predicted molar refractivity (Wildman–Crippen MR) is 88.9 cm³/mol. The number of nitrogens with zero attached hydrogens (tertiary/aromatic N) is 4. The Balaban J connectivity index is 2.06. The highest BCUT2D eigenvalue weighted by Crippen LogP contribution is 2.20. The van der Waals surface area contributed by atoms with Crippen molar-refractivity contribution >= 4 is 28.0 Å². The fraction of sp³-hybridized carbons (Fsp3) is 0.533. The number of anilines is 1. The highest BCUT2D eigenvalue weighted by Gasteiger charge is 2.31. The van der Waals surface area contributed by atoms with Gasteiger partial charge in [-0.15, -0.1) is 6.58 Å². The number of aromatic nitrogens is 2. The maximum atomic E-state index is 12.2. The zero-order chi connectivity index (χ0) is 16.3. The molecule has 1 aromatic rings. The minimum absolute atomic E-state index is 0.0394. The molecule has 1 atom stereocenters. The fourth-order valence-electron chi connectivity index (χ4n) is 2.21. The first kappa shape index (κ1) is 16.7. The van der Waals surface area contributed by atoms with Gasteiger partial charge in [-0.1, -0.05) is 6.08 Å². The van der Waals surface area contributed by atoms with Crippen LogP contribution in [0, 0.1) is 0 Å². The molecular weight excluding hydrogens is 348 g/mol. The molecule has 1 aliphatic rings. The smallest absolute Gasteiger partial charge is 0.410 e. The minimum atomic E-state index is -0.493. The first-order valence-corrected chi connectivity index (χ1v) is 7.94. The van der Waals surface area contributed by atoms with E-state index in [1.165, 1.54) is 0 Å². The van der Waals surface area contributed by atoms with Gasteiger partial charge in [0.1, 0.15) is 5.60 Å². The van der Waals surface area contributed by atoms with Gasteiger partial charge in [0, 0.05) is 32.0 Å². The Hall–Kier alpha value is -1.63. The predicted octanol–water partition coefficient (Wildman–Crippen LogP) is 2.85. The molecule has 0 N–H and O–H groups in total. The SMILES string of the molecule is C=C[C@H]1CN(C(=O)OC(C)(C)C)CCN1c1ncc(Br)cn1. The van der Waals surface area contributed by atoms with Gasteiger partial charge in [-0.2, -0.15) is 0 Å². The number of hydrogen-bond acceptors (Lipinski definition) is 5. The highest BCUT2D eigenvalue weighted by molar-refractivity contribution is 9.10. The summed E-state index contributed by atoms with van der Waals surface area (Å²) in [5, 5.41) is 0. The molecule has 1 aliphatic heterocycles. The molecule has 7 heteroatoms. The molecule has 6 nitrogen and oxygen atoms in total. The van der Waals surface area contributed by atoms with Crippen molar-refractivity contribution in [3.8, 4) is 0 Å². The van der Waals surface area contributed by atoms with E-state index in [0.717, 1.165) is 4.47 Å². The third-order valence-electron chi connectivity index (χ3n) is 3.21. The molecule has 1 saturated heterocycles. The average molecular weight is 369 g/mol. The second kappa shape index (κ2) is 6.64. The second-order valence-electron chi connectivity index (χ2n) is 6.12. The van der Waals surface area contributed by atoms with Crippen LogP contribution in [0.2, 0.25) is 0 Å². The van der Waals surface area contributed by atoms with Crippen molar-refractivity contribution in [1.29, 1.82) is 0 Å². The van der Waals surface area contributed by atoms with Gasteiger partial charge in [0.15, 0.2) is 0 Å². The standard InChI is InChI=1S/C15H21BrN4O2/c1-5-12-10-19(14(21)22-15(2,3)4)6-7-20(12)13-17-8-11(16)9-18-13/h5,8-9,12H,1,6-7,10H2,2-4H3/t12-/m0/s1. The molecule has 1 fully saturated rings. The van der Waals surface area contributed by atoms with Crippen molar-refractivity contribution in [2.24, 2.45) is 0 Å². The van der Waals surface area contributed by atoms with Crippen LogP contribution in [0.3, 0.4) is 0 Å². The Bertz CT molecular complexity index is 541. The lowest BCUT2D eigenvalue weighted by atomic mass is 10.1. The Kier molecular flexibility index (Phi) is 5.05. The lowest BCUT2D eigenvalue weighted by Gasteiger charge is -2.40. The molecular formula is C15H21BrN4O2. The fourth-order valence-corrected chi connectivity index (χ4v) is 2.41. The van der Waals surface area contributed by atoms with Gasteiger partial charge in [0.2, 0.25) is 5.95 Å². The summed E-state index contributed by atoms with van der Waals surface area (Å²) in [6.07, 6.45) is 4.93. The van der Waals surface area contributed by atoms with E-state index in [1.807, 2.05) is 31.7 Å². The first-order chi connectivity index (χ1) is 10.3. The molecule has 0 saturated carbocycles. The minimum Gasteiger partial charge on any atom is -0.444 e. The molecule has 0 spiro atoms. The first-order valence-electron chi connectivity index (χ1n) is 7.15. The molecule has 0 bridgehead atoms. The van der Waals surface area contributed by atoms with E-state index < -0.39 is 5.60 Å². The molecule has 120 valence electrons. The molecule has 0 unspecified atom stereocenters. The number of hydrogen-bond donors (Lipinski definition) is 0. The van der Waals surface area contributed by atoms with Crippen molar-refractivity contribution in [3.63, 3.8) is 0 Å². The highest BCUT2D eigenvalue weighted by atomic mass is 79.9. The van der Waals surface area contributed by atoms with Crippen LogP contribution in [-0.2, 0) is 4.74 Å². The van der Waals surface area contributed by atoms with Crippen LogP contribution in [0.15, 0.2) is 29.5 Å². The summed E-state index contributed by atoms with van der Waals surface area (Å²) in [6, 6.07) is -0.0394. The van der Waals surface area contributed by atoms with E-state index in [2.05, 4.69) is 32.5 Å². The Morgan fingerprint density at radius 1 is 1.41 bits per heavy atom. The maximum Gasteiger partial charge on any atom is 0.410 e. The molecule has 1 amide bonds. The Labute approximate surface area is 139 Å². The van der Waals surface area contributed by atoms with Gasteiger partial charge in [0.05, 0.1) is 10.5 Å². The second-order valence-corrected chi connectivity index (χ2v) is 7.04. The number of amides is 1. The molecule has 2 rings (SSSR count). The lowest BCUT2D eigenvalue weighted by Crippen LogP contribution is -2.55. The quantitative estimate of drug-likeness (QED) is 0.751. The Morgan fingerprint density at radius 2 is 2.05 bits per heavy atom. The number of ether oxygens (including phenoxy) is 1. The summed E-state index contributed by atoms with van der Waals surface area (Å²) in [6.45, 7) is 11.2. The van der Waals surface area contributed by atoms with Crippen LogP contribution in [0.4, 0.5) is 10.7 Å². The van der Waals surface area contributed by atoms with Crippen molar-refractivity contribution in [1.82, 2.24) is 14.9 Å². The number of halogens is 1. The summed E-state index contributed by atoms with van der Waals surface area (Å²) in [7, 11) is 0. The van der Waals surface area contributed by atoms with Crippen molar-refractivity contribution in [2.45, 2.75) is 32.4 Å². The third-order valence-corrected chi connectivity index (χ3v) is 3.62. The van der Waals surface area contributed by atoms with E-state index in [0.29, 0.717) is 25.6 Å². The molecule has 2 heterocycles. The molecule has 0 aromatic carbocycles. The topological polar surface area (TPSA) is 58.6 Å². The summed E-state index contributed by atoms with van der Waals surface area (Å²) in [5.41, 5.74) is -0.493. The van der Waals surface area contributed by atoms with Gasteiger partial charge in [0.25, 0.3) is 0 Å². The van der Waals surface area contributed by atoms with E-state index in [-0.39, 0.29) is 12.1 Å². The zero-order valence-corrected chi connectivity index (χ0v) is 14.7. The largest absolute Gasteiger partial charge is 0.444 e. The summed E-state index contributed by atoms with van der Waals surface area (Å²) >= 11 is 3.33. The van der Waals surface area contributed by atoms with Crippen LogP contribution in [0.25, 0.3) is 0 Å². The molecule has 22 heavy (non-hydrogen) atoms. The van der Waals surface area contributed by atoms with Gasteiger partial charge in [-0.3, -0.25) is 0 Å². The molecule has 0 aliphatic carbocycles. The van der Waals surface area contributed by atoms with E-state index >= 15 is 0 Å². The normalized spacial score (nSPS) is 19.0. The number of carbonyl (C=O) groups excluding carboxylic acids is 1. The maximum absolute atomic E-state index is 12.2. The van der Waals surface area contributed by atoms with Crippen LogP contribution >= 0.6 is 15.9 Å². The van der Waals surface area contributed by atoms with Gasteiger partial charge >= 0.3 is 6.09 Å². The zero-order valence-electron chi connectivity index (χ0n) is 13.1. The summed E-state index contributed by atoms with van der Waals surface area (Å²) in [5.74, 6) is 0.636. The van der Waals surface area contributed by atoms with Crippen molar-refractivity contribution in [2.75, 3.05) is 24.5 Å². The molecule has 0 radical (unpaired) electrons. The van der Waals surface area contributed by atoms with Gasteiger partial charge in [-0.25, -0.2) is 14.8 Å². The Morgan fingerprint density at radius 3 is 2.59 bits per heavy atom. The van der Waals surface area contributed by atoms with Gasteiger partial charge < -0.3 is 14.5 Å².